The number of hydrogen-bond donors (Lipinski definition) is 1. The van der Waals surface area contributed by atoms with Crippen molar-refractivity contribution in [3.8, 4) is 17.2 Å². The van der Waals surface area contributed by atoms with Gasteiger partial charge in [0.05, 0.1) is 0 Å². The summed E-state index contributed by atoms with van der Waals surface area (Å²) in [6, 6.07) is 10.1. The zero-order chi connectivity index (χ0) is 14.8. The first-order chi connectivity index (χ1) is 10.1. The van der Waals surface area contributed by atoms with Crippen LogP contribution in [0.2, 0.25) is 0 Å². The molecule has 2 N–H and O–H groups in total. The molecule has 0 unspecified atom stereocenters. The van der Waals surface area contributed by atoms with Gasteiger partial charge in [0.15, 0.2) is 23.1 Å². The molecule has 5 heteroatoms. The van der Waals surface area contributed by atoms with Crippen LogP contribution in [0, 0.1) is 5.82 Å². The molecular formula is C16H16FNO3. The minimum absolute atomic E-state index is 0.206. The molecule has 0 aromatic heterocycles. The average Bonchev–Trinajstić information content (AvgIpc) is 2.93. The molecule has 4 nitrogen and oxygen atoms in total. The van der Waals surface area contributed by atoms with E-state index in [2.05, 4.69) is 0 Å². The maximum absolute atomic E-state index is 13.9. The van der Waals surface area contributed by atoms with Gasteiger partial charge in [0.25, 0.3) is 0 Å². The zero-order valence-corrected chi connectivity index (χ0v) is 11.6. The van der Waals surface area contributed by atoms with Crippen LogP contribution in [0.25, 0.3) is 0 Å². The fourth-order valence-electron chi connectivity index (χ4n) is 2.11. The number of hydrogen-bond acceptors (Lipinski definition) is 4. The first-order valence-electron chi connectivity index (χ1n) is 6.70. The Morgan fingerprint density at radius 2 is 2.00 bits per heavy atom. The molecule has 0 saturated carbocycles. The molecule has 0 bridgehead atoms. The van der Waals surface area contributed by atoms with Crippen molar-refractivity contribution in [3.63, 3.8) is 0 Å². The summed E-state index contributed by atoms with van der Waals surface area (Å²) >= 11 is 0. The summed E-state index contributed by atoms with van der Waals surface area (Å²) in [5.41, 5.74) is 7.34. The summed E-state index contributed by atoms with van der Waals surface area (Å²) in [5, 5.41) is 0. The molecule has 1 heterocycles. The smallest absolute Gasteiger partial charge is 0.231 e. The first kappa shape index (κ1) is 13.7. The Hall–Kier alpha value is -2.27. The van der Waals surface area contributed by atoms with Crippen molar-refractivity contribution in [2.45, 2.75) is 19.6 Å². The number of benzene rings is 2. The molecule has 0 fully saturated rings. The largest absolute Gasteiger partial charge is 0.486 e. The summed E-state index contributed by atoms with van der Waals surface area (Å²) in [6.45, 7) is 2.29. The number of fused-ring (bicyclic) bond motifs is 1. The van der Waals surface area contributed by atoms with Crippen LogP contribution in [0.15, 0.2) is 36.4 Å². The molecule has 1 aliphatic heterocycles. The van der Waals surface area contributed by atoms with Crippen molar-refractivity contribution in [1.29, 1.82) is 0 Å². The molecule has 0 aliphatic carbocycles. The molecule has 2 aromatic carbocycles. The third kappa shape index (κ3) is 2.92. The molecule has 21 heavy (non-hydrogen) atoms. The Bertz CT molecular complexity index is 658. The fourth-order valence-corrected chi connectivity index (χ4v) is 2.11. The van der Waals surface area contributed by atoms with Gasteiger partial charge in [-0.05, 0) is 42.3 Å². The molecule has 3 rings (SSSR count). The molecule has 0 spiro atoms. The van der Waals surface area contributed by atoms with Crippen molar-refractivity contribution in [2.75, 3.05) is 6.79 Å². The highest BCUT2D eigenvalue weighted by molar-refractivity contribution is 5.44. The number of halogens is 1. The van der Waals surface area contributed by atoms with Crippen molar-refractivity contribution >= 4 is 0 Å². The van der Waals surface area contributed by atoms with Gasteiger partial charge >= 0.3 is 0 Å². The Morgan fingerprint density at radius 1 is 1.19 bits per heavy atom. The van der Waals surface area contributed by atoms with Gasteiger partial charge in [-0.1, -0.05) is 12.1 Å². The highest BCUT2D eigenvalue weighted by atomic mass is 19.1. The topological polar surface area (TPSA) is 53.7 Å². The highest BCUT2D eigenvalue weighted by Crippen LogP contribution is 2.33. The molecule has 1 aliphatic rings. The van der Waals surface area contributed by atoms with Crippen LogP contribution in [0.1, 0.15) is 24.1 Å². The van der Waals surface area contributed by atoms with E-state index in [-0.39, 0.29) is 25.2 Å². The van der Waals surface area contributed by atoms with E-state index in [1.54, 1.807) is 12.1 Å². The third-order valence-electron chi connectivity index (χ3n) is 3.31. The van der Waals surface area contributed by atoms with Gasteiger partial charge in [0, 0.05) is 6.04 Å². The van der Waals surface area contributed by atoms with Crippen LogP contribution < -0.4 is 19.9 Å². The predicted octanol–water partition coefficient (Wildman–Crippen LogP) is 3.15. The van der Waals surface area contributed by atoms with Gasteiger partial charge in [0.2, 0.25) is 6.79 Å². The van der Waals surface area contributed by atoms with Crippen molar-refractivity contribution < 1.29 is 18.6 Å². The van der Waals surface area contributed by atoms with Crippen molar-refractivity contribution in [3.05, 3.63) is 53.3 Å². The third-order valence-corrected chi connectivity index (χ3v) is 3.31. The quantitative estimate of drug-likeness (QED) is 0.939. The summed E-state index contributed by atoms with van der Waals surface area (Å²) in [6.07, 6.45) is 0. The fraction of sp³-hybridized carbons (Fsp3) is 0.250. The van der Waals surface area contributed by atoms with Crippen LogP contribution in [0.5, 0.6) is 17.2 Å². The van der Waals surface area contributed by atoms with E-state index in [0.717, 1.165) is 11.1 Å². The lowest BCUT2D eigenvalue weighted by molar-refractivity contribution is 0.174. The van der Waals surface area contributed by atoms with Gasteiger partial charge in [-0.25, -0.2) is 4.39 Å². The van der Waals surface area contributed by atoms with Crippen LogP contribution in [-0.2, 0) is 6.61 Å². The minimum atomic E-state index is -0.412. The molecule has 0 amide bonds. The van der Waals surface area contributed by atoms with Gasteiger partial charge < -0.3 is 19.9 Å². The van der Waals surface area contributed by atoms with Crippen LogP contribution in [0.3, 0.4) is 0 Å². The van der Waals surface area contributed by atoms with Gasteiger partial charge in [-0.15, -0.1) is 0 Å². The molecule has 2 aromatic rings. The van der Waals surface area contributed by atoms with Gasteiger partial charge in [-0.2, -0.15) is 0 Å². The monoisotopic (exact) mass is 289 g/mol. The summed E-state index contributed by atoms with van der Waals surface area (Å²) in [7, 11) is 0. The summed E-state index contributed by atoms with van der Waals surface area (Å²) in [5.74, 6) is 1.19. The Morgan fingerprint density at radius 3 is 2.76 bits per heavy atom. The van der Waals surface area contributed by atoms with E-state index in [0.29, 0.717) is 11.5 Å². The molecule has 0 radical (unpaired) electrons. The van der Waals surface area contributed by atoms with Crippen molar-refractivity contribution in [1.82, 2.24) is 0 Å². The second-order valence-corrected chi connectivity index (χ2v) is 4.95. The summed E-state index contributed by atoms with van der Waals surface area (Å²) in [4.78, 5) is 0. The minimum Gasteiger partial charge on any atom is -0.486 e. The highest BCUT2D eigenvalue weighted by Gasteiger charge is 2.14. The standard InChI is InChI=1S/C16H16FNO3/c1-10(18)12-3-5-14(13(17)7-12)19-8-11-2-4-15-16(6-11)21-9-20-15/h2-7,10H,8-9,18H2,1H3/t10-/m0/s1. The molecule has 110 valence electrons. The Labute approximate surface area is 122 Å². The van der Waals surface area contributed by atoms with Gasteiger partial charge in [-0.3, -0.25) is 0 Å². The van der Waals surface area contributed by atoms with E-state index in [4.69, 9.17) is 19.9 Å². The number of nitrogens with two attached hydrogens (primary N) is 1. The lowest BCUT2D eigenvalue weighted by atomic mass is 10.1. The van der Waals surface area contributed by atoms with E-state index in [9.17, 15) is 4.39 Å². The Balaban J connectivity index is 1.70. The maximum Gasteiger partial charge on any atom is 0.231 e. The first-order valence-corrected chi connectivity index (χ1v) is 6.70. The van der Waals surface area contributed by atoms with Crippen molar-refractivity contribution in [2.24, 2.45) is 5.73 Å². The van der Waals surface area contributed by atoms with Crippen LogP contribution >= 0.6 is 0 Å². The predicted molar refractivity (Wildman–Crippen MR) is 75.9 cm³/mol. The lowest BCUT2D eigenvalue weighted by Crippen LogP contribution is -2.06. The molecule has 0 saturated heterocycles. The molecule has 1 atom stereocenters. The van der Waals surface area contributed by atoms with E-state index in [1.165, 1.54) is 6.07 Å². The normalized spacial score (nSPS) is 14.0. The summed E-state index contributed by atoms with van der Waals surface area (Å²) < 4.78 is 29.9. The number of rotatable bonds is 4. The maximum atomic E-state index is 13.9. The zero-order valence-electron chi connectivity index (χ0n) is 11.6. The molecular weight excluding hydrogens is 273 g/mol. The lowest BCUT2D eigenvalue weighted by Gasteiger charge is -2.10. The Kier molecular flexibility index (Phi) is 3.66. The van der Waals surface area contributed by atoms with E-state index >= 15 is 0 Å². The van der Waals surface area contributed by atoms with Crippen LogP contribution in [0.4, 0.5) is 4.39 Å². The van der Waals surface area contributed by atoms with Gasteiger partial charge in [0.1, 0.15) is 6.61 Å². The SMILES string of the molecule is C[C@H](N)c1ccc(OCc2ccc3c(c2)OCO3)c(F)c1. The second kappa shape index (κ2) is 5.61. The average molecular weight is 289 g/mol. The van der Waals surface area contributed by atoms with E-state index < -0.39 is 5.82 Å². The second-order valence-electron chi connectivity index (χ2n) is 4.95. The van der Waals surface area contributed by atoms with Crippen LogP contribution in [-0.4, -0.2) is 6.79 Å². The van der Waals surface area contributed by atoms with E-state index in [1.807, 2.05) is 25.1 Å². The number of ether oxygens (including phenoxy) is 3.